The van der Waals surface area contributed by atoms with Crippen LogP contribution in [0.4, 0.5) is 0 Å². The maximum atomic E-state index is 5.15. The SMILES string of the molecule is Cc1ccc([S-])c2ncccc12.Cc1ccc([S-])c2ncccc12.Cc1ccc([S-])c2ncccc12.[Ir+3]. The van der Waals surface area contributed by atoms with Gasteiger partial charge in [-0.15, -0.1) is 14.7 Å². The van der Waals surface area contributed by atoms with Crippen LogP contribution in [-0.2, 0) is 58.0 Å². The number of pyridine rings is 3. The summed E-state index contributed by atoms with van der Waals surface area (Å²) < 4.78 is 0. The predicted molar refractivity (Wildman–Crippen MR) is 156 cm³/mol. The Morgan fingerprint density at radius 2 is 0.703 bits per heavy atom. The molecule has 6 aromatic rings. The molecule has 0 unspecified atom stereocenters. The molecule has 0 aliphatic heterocycles. The molecule has 3 nitrogen and oxygen atoms in total. The van der Waals surface area contributed by atoms with Crippen molar-refractivity contribution in [1.29, 1.82) is 0 Å². The van der Waals surface area contributed by atoms with Gasteiger partial charge in [0.1, 0.15) is 0 Å². The summed E-state index contributed by atoms with van der Waals surface area (Å²) in [6.45, 7) is 6.20. The summed E-state index contributed by atoms with van der Waals surface area (Å²) >= 11 is 15.5. The van der Waals surface area contributed by atoms with Gasteiger partial charge in [-0.2, -0.15) is 0 Å². The zero-order valence-corrected chi connectivity index (χ0v) is 25.4. The van der Waals surface area contributed by atoms with Gasteiger partial charge in [0.15, 0.2) is 0 Å². The zero-order valence-electron chi connectivity index (χ0n) is 20.6. The molecule has 0 aliphatic carbocycles. The molecule has 0 saturated heterocycles. The van der Waals surface area contributed by atoms with E-state index in [9.17, 15) is 0 Å². The quantitative estimate of drug-likeness (QED) is 0.153. The van der Waals surface area contributed by atoms with Gasteiger partial charge in [0.2, 0.25) is 0 Å². The van der Waals surface area contributed by atoms with E-state index in [1.165, 1.54) is 16.7 Å². The van der Waals surface area contributed by atoms with Crippen LogP contribution < -0.4 is 0 Å². The van der Waals surface area contributed by atoms with Gasteiger partial charge in [0.25, 0.3) is 0 Å². The van der Waals surface area contributed by atoms with Gasteiger partial charge in [0, 0.05) is 34.7 Å². The van der Waals surface area contributed by atoms with Crippen LogP contribution in [-0.4, -0.2) is 15.0 Å². The van der Waals surface area contributed by atoms with Crippen molar-refractivity contribution in [2.75, 3.05) is 0 Å². The Morgan fingerprint density at radius 3 is 0.946 bits per heavy atom. The number of benzene rings is 3. The van der Waals surface area contributed by atoms with Crippen molar-refractivity contribution in [2.45, 2.75) is 35.5 Å². The standard InChI is InChI=1S/3C10H9NS.Ir/c3*1-7-4-5-9(12)10-8(7)3-2-6-11-10;/h3*2-6,12H,1H3;/q;;;+3/p-3. The van der Waals surface area contributed by atoms with Crippen LogP contribution in [0, 0.1) is 20.8 Å². The Bertz CT molecular complexity index is 1350. The minimum Gasteiger partial charge on any atom is -0.778 e. The molecule has 0 N–H and O–H groups in total. The normalized spacial score (nSPS) is 10.1. The summed E-state index contributed by atoms with van der Waals surface area (Å²) in [7, 11) is 0. The van der Waals surface area contributed by atoms with Gasteiger partial charge < -0.3 is 37.9 Å². The van der Waals surface area contributed by atoms with E-state index in [-0.39, 0.29) is 20.1 Å². The molecule has 3 heterocycles. The Morgan fingerprint density at radius 1 is 0.432 bits per heavy atom. The van der Waals surface area contributed by atoms with Crippen molar-refractivity contribution in [3.63, 3.8) is 0 Å². The summed E-state index contributed by atoms with van der Waals surface area (Å²) in [6, 6.07) is 23.8. The number of aryl methyl sites for hydroxylation is 3. The smallest absolute Gasteiger partial charge is 0.778 e. The number of aromatic nitrogens is 3. The first-order valence-corrected chi connectivity index (χ1v) is 12.6. The molecule has 0 atom stereocenters. The van der Waals surface area contributed by atoms with E-state index in [4.69, 9.17) is 37.9 Å². The average Bonchev–Trinajstić information content (AvgIpc) is 2.92. The second kappa shape index (κ2) is 13.1. The molecule has 3 aromatic carbocycles. The molecule has 0 spiro atoms. The van der Waals surface area contributed by atoms with E-state index in [1.54, 1.807) is 18.6 Å². The van der Waals surface area contributed by atoms with Crippen LogP contribution in [0.2, 0.25) is 0 Å². The summed E-state index contributed by atoms with van der Waals surface area (Å²) in [6.07, 6.45) is 5.33. The van der Waals surface area contributed by atoms with E-state index in [2.05, 4.69) is 35.7 Å². The van der Waals surface area contributed by atoms with Gasteiger partial charge in [-0.3, -0.25) is 15.0 Å². The van der Waals surface area contributed by atoms with Gasteiger partial charge in [-0.25, -0.2) is 0 Å². The molecule has 0 bridgehead atoms. The molecule has 0 saturated carbocycles. The van der Waals surface area contributed by atoms with Gasteiger partial charge in [-0.05, 0) is 55.7 Å². The zero-order chi connectivity index (χ0) is 25.7. The van der Waals surface area contributed by atoms with E-state index in [0.717, 1.165) is 47.4 Å². The largest absolute Gasteiger partial charge is 3.00 e. The van der Waals surface area contributed by atoms with Crippen molar-refractivity contribution in [1.82, 2.24) is 15.0 Å². The van der Waals surface area contributed by atoms with Crippen molar-refractivity contribution in [2.24, 2.45) is 0 Å². The van der Waals surface area contributed by atoms with Crippen LogP contribution in [0.25, 0.3) is 32.7 Å². The molecule has 0 aliphatic rings. The predicted octanol–water partition coefficient (Wildman–Crippen LogP) is 7.34. The minimum absolute atomic E-state index is 0. The van der Waals surface area contributed by atoms with E-state index in [0.29, 0.717) is 0 Å². The Labute approximate surface area is 247 Å². The molecule has 6 rings (SSSR count). The Kier molecular flexibility index (Phi) is 10.2. The van der Waals surface area contributed by atoms with Gasteiger partial charge in [0.05, 0.1) is 16.6 Å². The fraction of sp³-hybridized carbons (Fsp3) is 0.100. The fourth-order valence-corrected chi connectivity index (χ4v) is 4.56. The molecule has 0 radical (unpaired) electrons. The van der Waals surface area contributed by atoms with Crippen molar-refractivity contribution in [3.05, 3.63) is 108 Å². The first-order valence-electron chi connectivity index (χ1n) is 11.4. The first-order chi connectivity index (χ1) is 17.4. The summed E-state index contributed by atoms with van der Waals surface area (Å²) in [5, 5.41) is 3.47. The summed E-state index contributed by atoms with van der Waals surface area (Å²) in [4.78, 5) is 15.2. The molecule has 3 aromatic heterocycles. The van der Waals surface area contributed by atoms with E-state index >= 15 is 0 Å². The van der Waals surface area contributed by atoms with E-state index in [1.807, 2.05) is 72.8 Å². The van der Waals surface area contributed by atoms with Gasteiger partial charge >= 0.3 is 20.1 Å². The maximum Gasteiger partial charge on any atom is 3.00 e. The van der Waals surface area contributed by atoms with Gasteiger partial charge in [-0.1, -0.05) is 54.6 Å². The Hall–Kier alpha value is -2.80. The number of hydrogen-bond donors (Lipinski definition) is 0. The molecular weight excluding hydrogens is 691 g/mol. The van der Waals surface area contributed by atoms with Crippen molar-refractivity contribution < 1.29 is 20.1 Å². The van der Waals surface area contributed by atoms with Crippen LogP contribution in [0.15, 0.2) is 106 Å². The van der Waals surface area contributed by atoms with Crippen LogP contribution in [0.5, 0.6) is 0 Å². The molecule has 0 fully saturated rings. The average molecular weight is 715 g/mol. The molecular formula is C30H24IrN3S3. The van der Waals surface area contributed by atoms with Crippen LogP contribution in [0.1, 0.15) is 16.7 Å². The van der Waals surface area contributed by atoms with Crippen molar-refractivity contribution >= 4 is 70.6 Å². The third-order valence-corrected chi connectivity index (χ3v) is 6.84. The second-order valence-corrected chi connectivity index (χ2v) is 9.66. The second-order valence-electron chi connectivity index (χ2n) is 8.34. The van der Waals surface area contributed by atoms with E-state index < -0.39 is 0 Å². The molecule has 0 amide bonds. The number of nitrogens with zero attached hydrogens (tertiary/aromatic N) is 3. The molecule has 7 heteroatoms. The van der Waals surface area contributed by atoms with Crippen molar-refractivity contribution in [3.8, 4) is 0 Å². The number of rotatable bonds is 0. The Balaban J connectivity index is 0.000000152. The van der Waals surface area contributed by atoms with Crippen LogP contribution in [0.3, 0.4) is 0 Å². The third kappa shape index (κ3) is 6.75. The maximum absolute atomic E-state index is 5.15. The summed E-state index contributed by atoms with van der Waals surface area (Å²) in [5.74, 6) is 0. The van der Waals surface area contributed by atoms with Crippen LogP contribution >= 0.6 is 0 Å². The molecule has 37 heavy (non-hydrogen) atoms. The third-order valence-electron chi connectivity index (χ3n) is 5.85. The summed E-state index contributed by atoms with van der Waals surface area (Å²) in [5.41, 5.74) is 6.50. The minimum atomic E-state index is 0. The number of hydrogen-bond acceptors (Lipinski definition) is 6. The molecule has 186 valence electrons. The fourth-order valence-electron chi connectivity index (χ4n) is 3.87. The topological polar surface area (TPSA) is 38.7 Å². The first kappa shape index (κ1) is 28.8. The monoisotopic (exact) mass is 715 g/mol. The number of fused-ring (bicyclic) bond motifs is 3.